The van der Waals surface area contributed by atoms with Crippen LogP contribution in [0.25, 0.3) is 0 Å². The molecule has 0 aromatic carbocycles. The number of nitrogens with two attached hydrogens (primary N) is 1. The van der Waals surface area contributed by atoms with Crippen molar-refractivity contribution in [3.05, 3.63) is 0 Å². The van der Waals surface area contributed by atoms with Crippen molar-refractivity contribution in [2.24, 2.45) is 5.73 Å². The Morgan fingerprint density at radius 3 is 2.00 bits per heavy atom. The molecule has 1 saturated carbocycles. The van der Waals surface area contributed by atoms with E-state index in [0.717, 1.165) is 12.8 Å². The number of carbonyl (C=O) groups excluding carboxylic acids is 1. The maximum absolute atomic E-state index is 11.4. The molecule has 0 unspecified atom stereocenters. The van der Waals surface area contributed by atoms with Crippen LogP contribution in [0.15, 0.2) is 0 Å². The van der Waals surface area contributed by atoms with Crippen LogP contribution in [0.4, 0.5) is 0 Å². The van der Waals surface area contributed by atoms with Gasteiger partial charge < -0.3 is 0 Å². The maximum atomic E-state index is 11.4. The van der Waals surface area contributed by atoms with Crippen molar-refractivity contribution in [3.8, 4) is 0 Å². The zero-order chi connectivity index (χ0) is 9.19. The van der Waals surface area contributed by atoms with Gasteiger partial charge in [0.2, 0.25) is 0 Å². The first-order chi connectivity index (χ1) is 5.59. The molecule has 1 rings (SSSR count). The second-order valence-electron chi connectivity index (χ2n) is 4.24. The second kappa shape index (κ2) is 3.88. The van der Waals surface area contributed by atoms with Gasteiger partial charge in [-0.25, -0.2) is 0 Å². The van der Waals surface area contributed by atoms with Crippen LogP contribution >= 0.6 is 0 Å². The summed E-state index contributed by atoms with van der Waals surface area (Å²) >= 11 is -1.38. The van der Waals surface area contributed by atoms with E-state index in [1.165, 1.54) is 19.3 Å². The summed E-state index contributed by atoms with van der Waals surface area (Å²) in [6.45, 7) is 0. The molecule has 0 atom stereocenters. The molecule has 68 valence electrons. The van der Waals surface area contributed by atoms with Crippen molar-refractivity contribution in [2.75, 3.05) is 0 Å². The first-order valence-corrected chi connectivity index (χ1v) is 10.9. The van der Waals surface area contributed by atoms with E-state index >= 15 is 0 Å². The molecule has 0 aromatic rings. The van der Waals surface area contributed by atoms with Crippen molar-refractivity contribution in [1.82, 2.24) is 0 Å². The third-order valence-electron chi connectivity index (χ3n) is 3.34. The van der Waals surface area contributed by atoms with E-state index < -0.39 is 16.2 Å². The molecule has 1 aliphatic carbocycles. The third kappa shape index (κ3) is 1.71. The molecule has 1 fully saturated rings. The Kier molecular flexibility index (Phi) is 3.29. The van der Waals surface area contributed by atoms with Crippen molar-refractivity contribution in [2.45, 2.75) is 47.0 Å². The summed E-state index contributed by atoms with van der Waals surface area (Å²) < 4.78 is 0.00521. The molecule has 2 nitrogen and oxygen atoms in total. The molecule has 3 heteroatoms. The number of rotatable bonds is 2. The van der Waals surface area contributed by atoms with Crippen molar-refractivity contribution in [3.63, 3.8) is 0 Å². The van der Waals surface area contributed by atoms with E-state index in [0.29, 0.717) is 0 Å². The van der Waals surface area contributed by atoms with Gasteiger partial charge >= 0.3 is 79.7 Å². The number of amides is 1. The molecule has 12 heavy (non-hydrogen) atoms. The fraction of sp³-hybridized carbons (Fsp3) is 0.889. The zero-order valence-corrected chi connectivity index (χ0v) is 10.5. The number of hydrogen-bond donors (Lipinski definition) is 1. The average Bonchev–Trinajstić information content (AvgIpc) is 2.05. The number of primary amides is 1. The summed E-state index contributed by atoms with van der Waals surface area (Å²) in [6.07, 6.45) is 5.89. The molecule has 0 saturated heterocycles. The van der Waals surface area contributed by atoms with Crippen LogP contribution in [-0.4, -0.2) is 22.1 Å². The summed E-state index contributed by atoms with van der Waals surface area (Å²) in [5, 5.41) is 0. The molecular weight excluding hydrogens is 208 g/mol. The van der Waals surface area contributed by atoms with Gasteiger partial charge in [-0.1, -0.05) is 0 Å². The van der Waals surface area contributed by atoms with Crippen LogP contribution in [0.3, 0.4) is 0 Å². The normalized spacial score (nSPS) is 21.8. The topological polar surface area (TPSA) is 43.1 Å². The first kappa shape index (κ1) is 10.2. The van der Waals surface area contributed by atoms with Gasteiger partial charge in [-0.05, 0) is 0 Å². The van der Waals surface area contributed by atoms with Gasteiger partial charge in [-0.15, -0.1) is 0 Å². The SMILES string of the molecule is [CH3][Ga]([CH3])[C]1(C(N)=O)CCCCC1. The van der Waals surface area contributed by atoms with Crippen LogP contribution in [0.1, 0.15) is 32.1 Å². The van der Waals surface area contributed by atoms with E-state index in [4.69, 9.17) is 5.73 Å². The minimum atomic E-state index is -1.38. The second-order valence-corrected chi connectivity index (χ2v) is 11.4. The zero-order valence-electron chi connectivity index (χ0n) is 8.10. The predicted molar refractivity (Wildman–Crippen MR) is 52.5 cm³/mol. The Labute approximate surface area is 79.9 Å². The number of hydrogen-bond acceptors (Lipinski definition) is 1. The van der Waals surface area contributed by atoms with Crippen LogP contribution in [-0.2, 0) is 4.79 Å². The molecule has 0 heterocycles. The molecule has 2 N–H and O–H groups in total. The third-order valence-corrected chi connectivity index (χ3v) is 9.79. The molecule has 0 bridgehead atoms. The van der Waals surface area contributed by atoms with Gasteiger partial charge in [-0.3, -0.25) is 0 Å². The van der Waals surface area contributed by atoms with Gasteiger partial charge in [-0.2, -0.15) is 0 Å². The fourth-order valence-corrected chi connectivity index (χ4v) is 6.76. The van der Waals surface area contributed by atoms with Crippen LogP contribution in [0.5, 0.6) is 0 Å². The Morgan fingerprint density at radius 1 is 1.25 bits per heavy atom. The summed E-state index contributed by atoms with van der Waals surface area (Å²) in [5.41, 5.74) is 10.1. The molecule has 0 aromatic heterocycles. The molecule has 0 radical (unpaired) electrons. The quantitative estimate of drug-likeness (QED) is 0.718. The van der Waals surface area contributed by atoms with E-state index in [1.54, 1.807) is 0 Å². The molecule has 0 aliphatic heterocycles. The Morgan fingerprint density at radius 2 is 1.75 bits per heavy atom. The Balaban J connectivity index is 2.77. The predicted octanol–water partition coefficient (Wildman–Crippen LogP) is 1.93. The number of carbonyl (C=O) groups is 1. The van der Waals surface area contributed by atoms with Gasteiger partial charge in [0.15, 0.2) is 0 Å². The van der Waals surface area contributed by atoms with Crippen LogP contribution in [0, 0.1) is 0 Å². The summed E-state index contributed by atoms with van der Waals surface area (Å²) in [5.74, 6) is -0.00259. The average molecular weight is 226 g/mol. The summed E-state index contributed by atoms with van der Waals surface area (Å²) in [6, 6.07) is 0. The van der Waals surface area contributed by atoms with E-state index in [2.05, 4.69) is 11.0 Å². The van der Waals surface area contributed by atoms with Crippen LogP contribution < -0.4 is 5.73 Å². The molecular formula is C9H18GaNO. The van der Waals surface area contributed by atoms with E-state index in [1.807, 2.05) is 0 Å². The fourth-order valence-electron chi connectivity index (χ4n) is 2.29. The van der Waals surface area contributed by atoms with E-state index in [-0.39, 0.29) is 9.88 Å². The van der Waals surface area contributed by atoms with Crippen LogP contribution in [0.2, 0.25) is 14.9 Å². The van der Waals surface area contributed by atoms with Crippen molar-refractivity contribution < 1.29 is 4.79 Å². The Bertz CT molecular complexity index is 173. The van der Waals surface area contributed by atoms with Gasteiger partial charge in [0.1, 0.15) is 0 Å². The Hall–Kier alpha value is 0.106. The summed E-state index contributed by atoms with van der Waals surface area (Å²) in [4.78, 5) is 11.4. The van der Waals surface area contributed by atoms with Gasteiger partial charge in [0.25, 0.3) is 0 Å². The minimum absolute atomic E-state index is 0.00259. The molecule has 1 aliphatic rings. The monoisotopic (exact) mass is 225 g/mol. The van der Waals surface area contributed by atoms with Gasteiger partial charge in [0, 0.05) is 0 Å². The van der Waals surface area contributed by atoms with Gasteiger partial charge in [0.05, 0.1) is 0 Å². The van der Waals surface area contributed by atoms with Crippen molar-refractivity contribution >= 4 is 22.1 Å². The van der Waals surface area contributed by atoms with Crippen molar-refractivity contribution in [1.29, 1.82) is 0 Å². The standard InChI is InChI=1S/C7H12NO.2CH3.Ga/c8-7(9)6-4-2-1-3-5-6;;;/h1-5H2,(H2,8,9);2*1H3;. The van der Waals surface area contributed by atoms with E-state index in [9.17, 15) is 4.79 Å². The molecule has 1 amide bonds. The first-order valence-electron chi connectivity index (χ1n) is 4.89. The summed E-state index contributed by atoms with van der Waals surface area (Å²) in [7, 11) is 0. The molecule has 0 spiro atoms.